The van der Waals surface area contributed by atoms with Crippen molar-refractivity contribution in [3.8, 4) is 0 Å². The molecule has 1 aliphatic rings. The van der Waals surface area contributed by atoms with Crippen LogP contribution in [0, 0.1) is 27.7 Å². The zero-order valence-electron chi connectivity index (χ0n) is 22.7. The van der Waals surface area contributed by atoms with Crippen LogP contribution < -0.4 is 0 Å². The van der Waals surface area contributed by atoms with E-state index in [4.69, 9.17) is 0 Å². The maximum Gasteiger partial charge on any atom is 0.304 e. The first-order chi connectivity index (χ1) is 18.2. The van der Waals surface area contributed by atoms with Crippen molar-refractivity contribution in [2.45, 2.75) is 66.5 Å². The normalized spacial score (nSPS) is 14.0. The molecule has 1 aliphatic heterocycles. The molecule has 0 bridgehead atoms. The van der Waals surface area contributed by atoms with Crippen LogP contribution in [0.4, 0.5) is 0 Å². The van der Waals surface area contributed by atoms with Gasteiger partial charge in [-0.1, -0.05) is 35.5 Å². The minimum atomic E-state index is -0.855. The number of aliphatic carboxylic acids is 1. The average molecular weight is 511 g/mol. The summed E-state index contributed by atoms with van der Waals surface area (Å²) >= 11 is 0. The SMILES string of the molecule is CCn1nnc2c(C)c([C@@H](CC(=O)O)c3ccc4c(c3)CN(C(=O)c3cc(C)c(C)cc3C)CC4)ccc21. The lowest BCUT2D eigenvalue weighted by Gasteiger charge is -2.31. The molecule has 2 heterocycles. The van der Waals surface area contributed by atoms with Crippen LogP contribution in [0.5, 0.6) is 0 Å². The largest absolute Gasteiger partial charge is 0.481 e. The summed E-state index contributed by atoms with van der Waals surface area (Å²) in [4.78, 5) is 27.4. The van der Waals surface area contributed by atoms with E-state index in [1.54, 1.807) is 0 Å². The predicted octanol–water partition coefficient (Wildman–Crippen LogP) is 5.49. The van der Waals surface area contributed by atoms with Gasteiger partial charge in [0.2, 0.25) is 0 Å². The number of carboxylic acid groups (broad SMARTS) is 1. The van der Waals surface area contributed by atoms with Gasteiger partial charge in [-0.15, -0.1) is 5.10 Å². The summed E-state index contributed by atoms with van der Waals surface area (Å²) in [7, 11) is 0. The molecule has 38 heavy (non-hydrogen) atoms. The summed E-state index contributed by atoms with van der Waals surface area (Å²) in [6.45, 7) is 12.0. The highest BCUT2D eigenvalue weighted by molar-refractivity contribution is 5.96. The predicted molar refractivity (Wildman–Crippen MR) is 148 cm³/mol. The Labute approximate surface area is 223 Å². The Morgan fingerprint density at radius 2 is 1.74 bits per heavy atom. The van der Waals surface area contributed by atoms with Crippen molar-refractivity contribution in [1.82, 2.24) is 19.9 Å². The second-order valence-electron chi connectivity index (χ2n) is 10.5. The zero-order chi connectivity index (χ0) is 27.1. The van der Waals surface area contributed by atoms with Gasteiger partial charge in [0, 0.05) is 31.1 Å². The van der Waals surface area contributed by atoms with Crippen molar-refractivity contribution in [1.29, 1.82) is 0 Å². The third-order valence-electron chi connectivity index (χ3n) is 8.04. The highest BCUT2D eigenvalue weighted by Crippen LogP contribution is 2.35. The van der Waals surface area contributed by atoms with Crippen molar-refractivity contribution >= 4 is 22.9 Å². The molecule has 1 atom stereocenters. The van der Waals surface area contributed by atoms with Crippen LogP contribution in [-0.2, 0) is 24.3 Å². The van der Waals surface area contributed by atoms with E-state index in [2.05, 4.69) is 35.4 Å². The number of hydrogen-bond donors (Lipinski definition) is 1. The molecule has 0 saturated carbocycles. The summed E-state index contributed by atoms with van der Waals surface area (Å²) < 4.78 is 1.85. The van der Waals surface area contributed by atoms with Crippen molar-refractivity contribution in [3.05, 3.63) is 92.5 Å². The van der Waals surface area contributed by atoms with E-state index in [1.165, 1.54) is 11.1 Å². The second-order valence-corrected chi connectivity index (χ2v) is 10.5. The van der Waals surface area contributed by atoms with Gasteiger partial charge in [-0.3, -0.25) is 9.59 Å². The number of carboxylic acids is 1. The maximum atomic E-state index is 13.5. The first kappa shape index (κ1) is 25.6. The van der Waals surface area contributed by atoms with Crippen LogP contribution in [0.3, 0.4) is 0 Å². The Morgan fingerprint density at radius 3 is 2.47 bits per heavy atom. The van der Waals surface area contributed by atoms with Gasteiger partial charge in [0.05, 0.1) is 11.9 Å². The molecule has 0 radical (unpaired) electrons. The van der Waals surface area contributed by atoms with Crippen LogP contribution in [0.2, 0.25) is 0 Å². The van der Waals surface area contributed by atoms with Crippen molar-refractivity contribution in [2.24, 2.45) is 0 Å². The first-order valence-electron chi connectivity index (χ1n) is 13.2. The average Bonchev–Trinajstić information content (AvgIpc) is 3.33. The first-order valence-corrected chi connectivity index (χ1v) is 13.2. The molecule has 7 heteroatoms. The molecule has 0 fully saturated rings. The fraction of sp³-hybridized carbons (Fsp3) is 0.355. The Morgan fingerprint density at radius 1 is 0.974 bits per heavy atom. The number of rotatable bonds is 6. The number of nitrogens with zero attached hydrogens (tertiary/aromatic N) is 4. The number of benzene rings is 3. The number of hydrogen-bond acceptors (Lipinski definition) is 4. The topological polar surface area (TPSA) is 88.3 Å². The number of aromatic nitrogens is 3. The monoisotopic (exact) mass is 510 g/mol. The number of fused-ring (bicyclic) bond motifs is 2. The smallest absolute Gasteiger partial charge is 0.304 e. The van der Waals surface area contributed by atoms with Crippen molar-refractivity contribution in [2.75, 3.05) is 6.54 Å². The maximum absolute atomic E-state index is 13.5. The lowest BCUT2D eigenvalue weighted by molar-refractivity contribution is -0.137. The number of aryl methyl sites for hydroxylation is 5. The highest BCUT2D eigenvalue weighted by Gasteiger charge is 2.27. The number of amides is 1. The van der Waals surface area contributed by atoms with E-state index >= 15 is 0 Å². The fourth-order valence-electron chi connectivity index (χ4n) is 5.70. The van der Waals surface area contributed by atoms with E-state index in [-0.39, 0.29) is 18.2 Å². The molecular weight excluding hydrogens is 476 g/mol. The quantitative estimate of drug-likeness (QED) is 0.371. The van der Waals surface area contributed by atoms with Crippen molar-refractivity contribution in [3.63, 3.8) is 0 Å². The van der Waals surface area contributed by atoms with Gasteiger partial charge in [-0.05, 0) is 97.7 Å². The molecule has 0 spiro atoms. The highest BCUT2D eigenvalue weighted by atomic mass is 16.4. The van der Waals surface area contributed by atoms with Gasteiger partial charge in [-0.25, -0.2) is 4.68 Å². The molecule has 7 nitrogen and oxygen atoms in total. The van der Waals surface area contributed by atoms with Crippen LogP contribution in [0.25, 0.3) is 11.0 Å². The Kier molecular flexibility index (Phi) is 6.78. The summed E-state index contributed by atoms with van der Waals surface area (Å²) in [5.41, 5.74) is 10.9. The standard InChI is InChI=1S/C31H34N4O3/c1-6-35-28-10-9-25(21(5)30(28)32-33-35)27(16-29(36)37)23-8-7-22-11-12-34(17-24(22)15-23)31(38)26-14-19(3)18(2)13-20(26)4/h7-10,13-15,27H,6,11-12,16-17H2,1-5H3,(H,36,37)/t27-/m0/s1. The van der Waals surface area contributed by atoms with Gasteiger partial charge in [0.1, 0.15) is 5.52 Å². The summed E-state index contributed by atoms with van der Waals surface area (Å²) in [6.07, 6.45) is 0.748. The molecule has 5 rings (SSSR count). The molecule has 1 N–H and O–H groups in total. The van der Waals surface area contributed by atoms with Crippen LogP contribution in [-0.4, -0.2) is 43.4 Å². The Balaban J connectivity index is 1.50. The van der Waals surface area contributed by atoms with E-state index < -0.39 is 5.97 Å². The summed E-state index contributed by atoms with van der Waals surface area (Å²) in [5.74, 6) is -1.14. The Hall–Kier alpha value is -4.00. The Bertz CT molecular complexity index is 1570. The van der Waals surface area contributed by atoms with Gasteiger partial charge >= 0.3 is 5.97 Å². The van der Waals surface area contributed by atoms with Crippen LogP contribution >= 0.6 is 0 Å². The fourth-order valence-corrected chi connectivity index (χ4v) is 5.70. The summed E-state index contributed by atoms with van der Waals surface area (Å²) in [6, 6.07) is 14.3. The van der Waals surface area contributed by atoms with Gasteiger partial charge in [-0.2, -0.15) is 0 Å². The molecule has 4 aromatic rings. The molecule has 1 aromatic heterocycles. The third kappa shape index (κ3) is 4.57. The van der Waals surface area contributed by atoms with Crippen LogP contribution in [0.1, 0.15) is 74.1 Å². The second kappa shape index (κ2) is 10.0. The van der Waals surface area contributed by atoms with Crippen LogP contribution in [0.15, 0.2) is 42.5 Å². The lowest BCUT2D eigenvalue weighted by Crippen LogP contribution is -2.36. The van der Waals surface area contributed by atoms with Crippen molar-refractivity contribution < 1.29 is 14.7 Å². The molecule has 1 amide bonds. The molecule has 0 unspecified atom stereocenters. The molecule has 196 valence electrons. The third-order valence-corrected chi connectivity index (χ3v) is 8.04. The minimum Gasteiger partial charge on any atom is -0.481 e. The van der Waals surface area contributed by atoms with Gasteiger partial charge < -0.3 is 10.0 Å². The number of carbonyl (C=O) groups excluding carboxylic acids is 1. The minimum absolute atomic E-state index is 0.0302. The molecular formula is C31H34N4O3. The van der Waals surface area contributed by atoms with E-state index in [0.717, 1.165) is 62.9 Å². The molecule has 3 aromatic carbocycles. The van der Waals surface area contributed by atoms with Gasteiger partial charge in [0.15, 0.2) is 0 Å². The van der Waals surface area contributed by atoms with E-state index in [9.17, 15) is 14.7 Å². The van der Waals surface area contributed by atoms with E-state index in [1.807, 2.05) is 61.5 Å². The molecule has 0 aliphatic carbocycles. The molecule has 0 saturated heterocycles. The number of carbonyl (C=O) groups is 2. The lowest BCUT2D eigenvalue weighted by atomic mass is 9.83. The van der Waals surface area contributed by atoms with E-state index in [0.29, 0.717) is 13.1 Å². The zero-order valence-corrected chi connectivity index (χ0v) is 22.7. The van der Waals surface area contributed by atoms with Gasteiger partial charge in [0.25, 0.3) is 5.91 Å². The summed E-state index contributed by atoms with van der Waals surface area (Å²) in [5, 5.41) is 18.4.